The monoisotopic (exact) mass is 342 g/mol. The highest BCUT2D eigenvalue weighted by Gasteiger charge is 2.15. The summed E-state index contributed by atoms with van der Waals surface area (Å²) in [5.74, 6) is -0.246. The molecular formula is C14H16BrFN2S. The van der Waals surface area contributed by atoms with Crippen LogP contribution in [0.2, 0.25) is 0 Å². The third kappa shape index (κ3) is 3.41. The van der Waals surface area contributed by atoms with Gasteiger partial charge in [0.15, 0.2) is 0 Å². The molecule has 0 aliphatic carbocycles. The number of aromatic nitrogens is 1. The first-order valence-corrected chi connectivity index (χ1v) is 7.88. The molecule has 1 heterocycles. The standard InChI is InChI=1S/C14H16BrFN2S/c1-3-7-17-9(2)12-8-18-14(19-12)13-10(15)5-4-6-11(13)16/h4-6,8-9,17H,3,7H2,1-2H3. The summed E-state index contributed by atoms with van der Waals surface area (Å²) < 4.78 is 14.6. The zero-order valence-electron chi connectivity index (χ0n) is 10.9. The summed E-state index contributed by atoms with van der Waals surface area (Å²) in [6.45, 7) is 5.20. The van der Waals surface area contributed by atoms with Crippen LogP contribution in [0.5, 0.6) is 0 Å². The average Bonchev–Trinajstić information content (AvgIpc) is 2.85. The largest absolute Gasteiger partial charge is 0.309 e. The van der Waals surface area contributed by atoms with Gasteiger partial charge in [-0.25, -0.2) is 9.37 Å². The van der Waals surface area contributed by atoms with Gasteiger partial charge >= 0.3 is 0 Å². The molecule has 0 aliphatic heterocycles. The minimum Gasteiger partial charge on any atom is -0.309 e. The van der Waals surface area contributed by atoms with Crippen LogP contribution in [0.25, 0.3) is 10.6 Å². The zero-order chi connectivity index (χ0) is 13.8. The quantitative estimate of drug-likeness (QED) is 0.846. The van der Waals surface area contributed by atoms with Gasteiger partial charge in [0.1, 0.15) is 10.8 Å². The summed E-state index contributed by atoms with van der Waals surface area (Å²) in [6, 6.07) is 5.22. The summed E-state index contributed by atoms with van der Waals surface area (Å²) in [5.41, 5.74) is 0.543. The fourth-order valence-electron chi connectivity index (χ4n) is 1.77. The number of nitrogens with one attached hydrogen (secondary N) is 1. The van der Waals surface area contributed by atoms with Crippen molar-refractivity contribution in [1.29, 1.82) is 0 Å². The molecule has 0 aliphatic rings. The molecule has 2 aromatic rings. The van der Waals surface area contributed by atoms with E-state index in [-0.39, 0.29) is 11.9 Å². The number of benzene rings is 1. The van der Waals surface area contributed by atoms with Crippen molar-refractivity contribution in [3.8, 4) is 10.6 Å². The van der Waals surface area contributed by atoms with Gasteiger partial charge in [-0.1, -0.05) is 13.0 Å². The van der Waals surface area contributed by atoms with E-state index >= 15 is 0 Å². The van der Waals surface area contributed by atoms with Gasteiger partial charge in [0, 0.05) is 21.6 Å². The van der Waals surface area contributed by atoms with E-state index in [1.54, 1.807) is 6.07 Å². The van der Waals surface area contributed by atoms with Gasteiger partial charge in [0.2, 0.25) is 0 Å². The maximum absolute atomic E-state index is 13.9. The van der Waals surface area contributed by atoms with Crippen LogP contribution in [0.4, 0.5) is 4.39 Å². The molecule has 1 unspecified atom stereocenters. The molecule has 1 aromatic heterocycles. The van der Waals surface area contributed by atoms with Crippen molar-refractivity contribution in [2.45, 2.75) is 26.3 Å². The van der Waals surface area contributed by atoms with E-state index in [0.29, 0.717) is 10.6 Å². The number of thiazole rings is 1. The smallest absolute Gasteiger partial charge is 0.134 e. The SMILES string of the molecule is CCCNC(C)c1cnc(-c2c(F)cccc2Br)s1. The van der Waals surface area contributed by atoms with Crippen molar-refractivity contribution in [3.05, 3.63) is 39.6 Å². The Kier molecular flexibility index (Phi) is 5.07. The lowest BCUT2D eigenvalue weighted by molar-refractivity contribution is 0.577. The van der Waals surface area contributed by atoms with E-state index in [1.807, 2.05) is 12.3 Å². The first-order valence-electron chi connectivity index (χ1n) is 6.27. The molecule has 0 saturated carbocycles. The first kappa shape index (κ1) is 14.6. The number of halogens is 2. The lowest BCUT2D eigenvalue weighted by atomic mass is 10.2. The van der Waals surface area contributed by atoms with Gasteiger partial charge in [-0.15, -0.1) is 11.3 Å². The van der Waals surface area contributed by atoms with Gasteiger partial charge in [0.05, 0.1) is 5.56 Å². The highest BCUT2D eigenvalue weighted by atomic mass is 79.9. The third-order valence-corrected chi connectivity index (χ3v) is 4.69. The van der Waals surface area contributed by atoms with E-state index in [0.717, 1.165) is 22.3 Å². The number of hydrogen-bond acceptors (Lipinski definition) is 3. The van der Waals surface area contributed by atoms with Gasteiger partial charge < -0.3 is 5.32 Å². The lowest BCUT2D eigenvalue weighted by Gasteiger charge is -2.09. The van der Waals surface area contributed by atoms with E-state index < -0.39 is 0 Å². The molecule has 5 heteroatoms. The second-order valence-electron chi connectivity index (χ2n) is 4.34. The van der Waals surface area contributed by atoms with E-state index in [1.165, 1.54) is 17.4 Å². The van der Waals surface area contributed by atoms with Crippen molar-refractivity contribution in [3.63, 3.8) is 0 Å². The zero-order valence-corrected chi connectivity index (χ0v) is 13.3. The number of rotatable bonds is 5. The molecule has 102 valence electrons. The second kappa shape index (κ2) is 6.59. The Bertz CT molecular complexity index is 536. The van der Waals surface area contributed by atoms with Crippen LogP contribution in [-0.2, 0) is 0 Å². The highest BCUT2D eigenvalue weighted by Crippen LogP contribution is 2.35. The minimum atomic E-state index is -0.246. The van der Waals surface area contributed by atoms with Crippen LogP contribution in [0.15, 0.2) is 28.9 Å². The molecular weight excluding hydrogens is 327 g/mol. The molecule has 1 atom stereocenters. The van der Waals surface area contributed by atoms with Crippen molar-refractivity contribution in [2.75, 3.05) is 6.54 Å². The molecule has 2 rings (SSSR count). The lowest BCUT2D eigenvalue weighted by Crippen LogP contribution is -2.18. The summed E-state index contributed by atoms with van der Waals surface area (Å²) in [6.07, 6.45) is 2.92. The van der Waals surface area contributed by atoms with Crippen LogP contribution < -0.4 is 5.32 Å². The van der Waals surface area contributed by atoms with Gasteiger partial charge in [-0.3, -0.25) is 0 Å². The Hall–Kier alpha value is -0.780. The molecule has 2 nitrogen and oxygen atoms in total. The summed E-state index contributed by atoms with van der Waals surface area (Å²) in [4.78, 5) is 5.47. The van der Waals surface area contributed by atoms with Gasteiger partial charge in [-0.2, -0.15) is 0 Å². The van der Waals surface area contributed by atoms with Crippen LogP contribution >= 0.6 is 27.3 Å². The van der Waals surface area contributed by atoms with Gasteiger partial charge in [-0.05, 0) is 48.0 Å². The van der Waals surface area contributed by atoms with Gasteiger partial charge in [0.25, 0.3) is 0 Å². The van der Waals surface area contributed by atoms with Crippen LogP contribution in [-0.4, -0.2) is 11.5 Å². The number of hydrogen-bond donors (Lipinski definition) is 1. The fourth-order valence-corrected chi connectivity index (χ4v) is 3.43. The maximum Gasteiger partial charge on any atom is 0.134 e. The first-order chi connectivity index (χ1) is 9.13. The molecule has 1 N–H and O–H groups in total. The topological polar surface area (TPSA) is 24.9 Å². The van der Waals surface area contributed by atoms with Crippen molar-refractivity contribution in [2.24, 2.45) is 0 Å². The Morgan fingerprint density at radius 1 is 1.47 bits per heavy atom. The summed E-state index contributed by atoms with van der Waals surface area (Å²) in [5, 5.41) is 4.12. The molecule has 0 bridgehead atoms. The van der Waals surface area contributed by atoms with Crippen LogP contribution in [0.1, 0.15) is 31.2 Å². The molecule has 1 aromatic carbocycles. The highest BCUT2D eigenvalue weighted by molar-refractivity contribution is 9.10. The summed E-state index contributed by atoms with van der Waals surface area (Å²) in [7, 11) is 0. The Morgan fingerprint density at radius 2 is 2.26 bits per heavy atom. The maximum atomic E-state index is 13.9. The van der Waals surface area contributed by atoms with Crippen molar-refractivity contribution in [1.82, 2.24) is 10.3 Å². The predicted octanol–water partition coefficient (Wildman–Crippen LogP) is 4.77. The predicted molar refractivity (Wildman–Crippen MR) is 81.9 cm³/mol. The minimum absolute atomic E-state index is 0.246. The normalized spacial score (nSPS) is 12.6. The van der Waals surface area contributed by atoms with Crippen LogP contribution in [0.3, 0.4) is 0 Å². The third-order valence-electron chi connectivity index (χ3n) is 2.83. The average molecular weight is 343 g/mol. The summed E-state index contributed by atoms with van der Waals surface area (Å²) >= 11 is 4.91. The second-order valence-corrected chi connectivity index (χ2v) is 6.26. The van der Waals surface area contributed by atoms with E-state index in [9.17, 15) is 4.39 Å². The van der Waals surface area contributed by atoms with Crippen molar-refractivity contribution >= 4 is 27.3 Å². The Labute approximate surface area is 125 Å². The van der Waals surface area contributed by atoms with E-state index in [2.05, 4.69) is 40.1 Å². The fraction of sp³-hybridized carbons (Fsp3) is 0.357. The molecule has 0 fully saturated rings. The molecule has 0 amide bonds. The van der Waals surface area contributed by atoms with Crippen LogP contribution in [0, 0.1) is 5.82 Å². The molecule has 0 spiro atoms. The van der Waals surface area contributed by atoms with E-state index in [4.69, 9.17) is 0 Å². The Morgan fingerprint density at radius 3 is 2.95 bits per heavy atom. The Balaban J connectivity index is 2.26. The molecule has 19 heavy (non-hydrogen) atoms. The molecule has 0 radical (unpaired) electrons. The van der Waals surface area contributed by atoms with Crippen molar-refractivity contribution < 1.29 is 4.39 Å². The number of nitrogens with zero attached hydrogens (tertiary/aromatic N) is 1. The molecule has 0 saturated heterocycles.